The summed E-state index contributed by atoms with van der Waals surface area (Å²) in [5, 5.41) is 4.57. The van der Waals surface area contributed by atoms with Gasteiger partial charge in [0.2, 0.25) is 0 Å². The average Bonchev–Trinajstić information content (AvgIpc) is 2.17. The van der Waals surface area contributed by atoms with Gasteiger partial charge in [0.25, 0.3) is 0 Å². The molecule has 2 rings (SSSR count). The average molecular weight is 287 g/mol. The third-order valence-electron chi connectivity index (χ3n) is 2.17. The molecule has 0 aliphatic carbocycles. The highest BCUT2D eigenvalue weighted by atomic mass is 79.9. The Labute approximate surface area is 101 Å². The second kappa shape index (κ2) is 3.87. The van der Waals surface area contributed by atoms with E-state index in [0.717, 1.165) is 21.1 Å². The van der Waals surface area contributed by atoms with Gasteiger partial charge in [0.15, 0.2) is 0 Å². The standard InChI is InChI=1S/C10H9BrClN3/c1-14-10-6-2-5(11)3-7(12)9(6)15-4-8(10)13/h2-4H,13H2,1H3,(H,14,15). The van der Waals surface area contributed by atoms with E-state index in [1.165, 1.54) is 0 Å². The van der Waals surface area contributed by atoms with E-state index in [0.29, 0.717) is 10.7 Å². The monoisotopic (exact) mass is 285 g/mol. The van der Waals surface area contributed by atoms with E-state index >= 15 is 0 Å². The molecule has 5 heteroatoms. The Balaban J connectivity index is 2.91. The molecule has 0 aliphatic heterocycles. The van der Waals surface area contributed by atoms with Gasteiger partial charge in [0.05, 0.1) is 28.1 Å². The fourth-order valence-corrected chi connectivity index (χ4v) is 2.38. The van der Waals surface area contributed by atoms with Gasteiger partial charge in [-0.25, -0.2) is 0 Å². The maximum Gasteiger partial charge on any atom is 0.0911 e. The van der Waals surface area contributed by atoms with Crippen molar-refractivity contribution in [3.63, 3.8) is 0 Å². The molecule has 0 radical (unpaired) electrons. The first kappa shape index (κ1) is 10.5. The summed E-state index contributed by atoms with van der Waals surface area (Å²) in [4.78, 5) is 4.21. The second-order valence-corrected chi connectivity index (χ2v) is 4.45. The van der Waals surface area contributed by atoms with Crippen molar-refractivity contribution in [3.05, 3.63) is 27.8 Å². The number of nitrogens with one attached hydrogen (secondary N) is 1. The van der Waals surface area contributed by atoms with Crippen LogP contribution in [0.25, 0.3) is 10.9 Å². The molecule has 0 fully saturated rings. The van der Waals surface area contributed by atoms with Crippen LogP contribution in [0, 0.1) is 0 Å². The summed E-state index contributed by atoms with van der Waals surface area (Å²) in [7, 11) is 1.82. The second-order valence-electron chi connectivity index (χ2n) is 3.12. The van der Waals surface area contributed by atoms with Crippen LogP contribution in [0.1, 0.15) is 0 Å². The largest absolute Gasteiger partial charge is 0.396 e. The third kappa shape index (κ3) is 1.75. The normalized spacial score (nSPS) is 10.6. The maximum atomic E-state index is 6.08. The lowest BCUT2D eigenvalue weighted by molar-refractivity contribution is 1.39. The van der Waals surface area contributed by atoms with Crippen LogP contribution < -0.4 is 11.1 Å². The quantitative estimate of drug-likeness (QED) is 0.846. The van der Waals surface area contributed by atoms with Crippen molar-refractivity contribution in [3.8, 4) is 0 Å². The molecule has 1 aromatic carbocycles. The summed E-state index contributed by atoms with van der Waals surface area (Å²) < 4.78 is 0.906. The fourth-order valence-electron chi connectivity index (χ4n) is 1.52. The van der Waals surface area contributed by atoms with Crippen LogP contribution >= 0.6 is 27.5 Å². The number of benzene rings is 1. The Kier molecular flexibility index (Phi) is 2.71. The molecule has 15 heavy (non-hydrogen) atoms. The molecule has 0 spiro atoms. The van der Waals surface area contributed by atoms with E-state index in [9.17, 15) is 0 Å². The first-order valence-corrected chi connectivity index (χ1v) is 5.51. The number of nitrogens with zero attached hydrogens (tertiary/aromatic N) is 1. The number of pyridine rings is 1. The van der Waals surface area contributed by atoms with E-state index in [4.69, 9.17) is 17.3 Å². The minimum Gasteiger partial charge on any atom is -0.396 e. The minimum atomic E-state index is 0.607. The van der Waals surface area contributed by atoms with Gasteiger partial charge in [-0.05, 0) is 12.1 Å². The number of anilines is 2. The zero-order valence-electron chi connectivity index (χ0n) is 8.01. The van der Waals surface area contributed by atoms with Gasteiger partial charge >= 0.3 is 0 Å². The molecule has 2 aromatic rings. The van der Waals surface area contributed by atoms with E-state index in [1.807, 2.05) is 19.2 Å². The highest BCUT2D eigenvalue weighted by Gasteiger charge is 2.08. The summed E-state index contributed by atoms with van der Waals surface area (Å²) >= 11 is 9.47. The Bertz CT molecular complexity index is 528. The number of aromatic nitrogens is 1. The lowest BCUT2D eigenvalue weighted by Crippen LogP contribution is -1.98. The molecule has 0 saturated heterocycles. The lowest BCUT2D eigenvalue weighted by atomic mass is 10.1. The van der Waals surface area contributed by atoms with Gasteiger partial charge < -0.3 is 11.1 Å². The van der Waals surface area contributed by atoms with Crippen molar-refractivity contribution in [1.29, 1.82) is 0 Å². The molecule has 0 bridgehead atoms. The van der Waals surface area contributed by atoms with E-state index in [-0.39, 0.29) is 0 Å². The Morgan fingerprint density at radius 2 is 2.20 bits per heavy atom. The first-order chi connectivity index (χ1) is 7.13. The fraction of sp³-hybridized carbons (Fsp3) is 0.100. The number of halogens is 2. The first-order valence-electron chi connectivity index (χ1n) is 4.34. The predicted molar refractivity (Wildman–Crippen MR) is 68.4 cm³/mol. The van der Waals surface area contributed by atoms with Crippen LogP contribution in [0.15, 0.2) is 22.8 Å². The zero-order chi connectivity index (χ0) is 11.0. The highest BCUT2D eigenvalue weighted by molar-refractivity contribution is 9.10. The van der Waals surface area contributed by atoms with Crippen LogP contribution in [-0.2, 0) is 0 Å². The molecule has 0 saturated carbocycles. The molecule has 1 heterocycles. The summed E-state index contributed by atoms with van der Waals surface area (Å²) in [6.45, 7) is 0. The lowest BCUT2D eigenvalue weighted by Gasteiger charge is -2.09. The van der Waals surface area contributed by atoms with E-state index < -0.39 is 0 Å². The molecular weight excluding hydrogens is 277 g/mol. The van der Waals surface area contributed by atoms with Crippen molar-refractivity contribution >= 4 is 49.8 Å². The van der Waals surface area contributed by atoms with Crippen LogP contribution in [-0.4, -0.2) is 12.0 Å². The van der Waals surface area contributed by atoms with E-state index in [2.05, 4.69) is 26.2 Å². The van der Waals surface area contributed by atoms with Gasteiger partial charge in [0.1, 0.15) is 0 Å². The molecule has 3 nitrogen and oxygen atoms in total. The Morgan fingerprint density at radius 3 is 2.87 bits per heavy atom. The number of rotatable bonds is 1. The van der Waals surface area contributed by atoms with Crippen molar-refractivity contribution in [2.45, 2.75) is 0 Å². The molecular formula is C10H9BrClN3. The number of nitrogen functional groups attached to an aromatic ring is 1. The number of hydrogen-bond donors (Lipinski definition) is 2. The number of hydrogen-bond acceptors (Lipinski definition) is 3. The van der Waals surface area contributed by atoms with Crippen molar-refractivity contribution < 1.29 is 0 Å². The topological polar surface area (TPSA) is 50.9 Å². The molecule has 3 N–H and O–H groups in total. The molecule has 0 atom stereocenters. The number of fused-ring (bicyclic) bond motifs is 1. The predicted octanol–water partition coefficient (Wildman–Crippen LogP) is 3.27. The third-order valence-corrected chi connectivity index (χ3v) is 2.91. The highest BCUT2D eigenvalue weighted by Crippen LogP contribution is 2.33. The van der Waals surface area contributed by atoms with Crippen LogP contribution in [0.2, 0.25) is 5.02 Å². The zero-order valence-corrected chi connectivity index (χ0v) is 10.4. The maximum absolute atomic E-state index is 6.08. The molecule has 1 aromatic heterocycles. The van der Waals surface area contributed by atoms with Gasteiger partial charge in [0, 0.05) is 16.9 Å². The Hall–Kier alpha value is -1.000. The molecule has 0 unspecified atom stereocenters. The Morgan fingerprint density at radius 1 is 1.47 bits per heavy atom. The minimum absolute atomic E-state index is 0.607. The van der Waals surface area contributed by atoms with Gasteiger partial charge in [-0.3, -0.25) is 4.98 Å². The summed E-state index contributed by atoms with van der Waals surface area (Å²) in [5.41, 5.74) is 8.02. The molecule has 0 amide bonds. The summed E-state index contributed by atoms with van der Waals surface area (Å²) in [6.07, 6.45) is 1.61. The molecule has 0 aliphatic rings. The number of nitrogens with two attached hydrogens (primary N) is 1. The van der Waals surface area contributed by atoms with Gasteiger partial charge in [-0.2, -0.15) is 0 Å². The van der Waals surface area contributed by atoms with Crippen LogP contribution in [0.5, 0.6) is 0 Å². The molecule has 78 valence electrons. The van der Waals surface area contributed by atoms with Crippen molar-refractivity contribution in [2.24, 2.45) is 0 Å². The smallest absolute Gasteiger partial charge is 0.0911 e. The van der Waals surface area contributed by atoms with Gasteiger partial charge in [-0.15, -0.1) is 0 Å². The van der Waals surface area contributed by atoms with Crippen molar-refractivity contribution in [2.75, 3.05) is 18.1 Å². The van der Waals surface area contributed by atoms with Gasteiger partial charge in [-0.1, -0.05) is 27.5 Å². The van der Waals surface area contributed by atoms with Crippen molar-refractivity contribution in [1.82, 2.24) is 4.98 Å². The van der Waals surface area contributed by atoms with E-state index in [1.54, 1.807) is 6.20 Å². The van der Waals surface area contributed by atoms with Crippen LogP contribution in [0.3, 0.4) is 0 Å². The summed E-state index contributed by atoms with van der Waals surface area (Å²) in [5.74, 6) is 0. The van der Waals surface area contributed by atoms with Crippen LogP contribution in [0.4, 0.5) is 11.4 Å². The summed E-state index contributed by atoms with van der Waals surface area (Å²) in [6, 6.07) is 3.75. The SMILES string of the molecule is CNc1c(N)cnc2c(Cl)cc(Br)cc12.